The largest absolute Gasteiger partial charge is 0.418 e. The highest BCUT2D eigenvalue weighted by Gasteiger charge is 2.75. The van der Waals surface area contributed by atoms with Gasteiger partial charge in [0.1, 0.15) is 0 Å². The molecule has 3 aliphatic rings. The van der Waals surface area contributed by atoms with Gasteiger partial charge >= 0.3 is 6.18 Å². The van der Waals surface area contributed by atoms with E-state index in [0.29, 0.717) is 26.2 Å². The molecule has 0 unspecified atom stereocenters. The fraction of sp³-hybridized carbons (Fsp3) is 0.609. The van der Waals surface area contributed by atoms with Gasteiger partial charge in [-0.25, -0.2) is 4.90 Å². The van der Waals surface area contributed by atoms with Crippen LogP contribution in [0.15, 0.2) is 12.1 Å². The van der Waals surface area contributed by atoms with Crippen LogP contribution in [0, 0.1) is 36.0 Å². The SMILES string of the molecule is COCCOC[C@@H]1C[C@@]2(C)O[C@]1(C)[C@@H]1C(=O)N(c3ccc(C#N)c(C(F)(F)F)c3C)C(=O)[C@@H]12. The Balaban J connectivity index is 1.71. The van der Waals surface area contributed by atoms with Crippen LogP contribution in [0.2, 0.25) is 0 Å². The summed E-state index contributed by atoms with van der Waals surface area (Å²) in [6, 6.07) is 3.78. The lowest BCUT2D eigenvalue weighted by Gasteiger charge is -2.35. The number of carbonyl (C=O) groups excluding carboxylic acids is 2. The highest BCUT2D eigenvalue weighted by molar-refractivity contribution is 6.23. The Morgan fingerprint density at radius 1 is 1.21 bits per heavy atom. The van der Waals surface area contributed by atoms with Crippen molar-refractivity contribution in [3.8, 4) is 6.07 Å². The lowest BCUT2D eigenvalue weighted by Crippen LogP contribution is -2.47. The van der Waals surface area contributed by atoms with Gasteiger partial charge < -0.3 is 14.2 Å². The third kappa shape index (κ3) is 3.36. The van der Waals surface area contributed by atoms with E-state index in [4.69, 9.17) is 19.5 Å². The lowest BCUT2D eigenvalue weighted by molar-refractivity contribution is -0.138. The van der Waals surface area contributed by atoms with Gasteiger partial charge in [-0.3, -0.25) is 9.59 Å². The third-order valence-corrected chi connectivity index (χ3v) is 7.33. The summed E-state index contributed by atoms with van der Waals surface area (Å²) in [5, 5.41) is 9.14. The van der Waals surface area contributed by atoms with Gasteiger partial charge in [-0.05, 0) is 44.9 Å². The van der Waals surface area contributed by atoms with Gasteiger partial charge in [-0.1, -0.05) is 0 Å². The summed E-state index contributed by atoms with van der Waals surface area (Å²) in [5.41, 5.74) is -4.08. The van der Waals surface area contributed by atoms with Crippen LogP contribution in [0.25, 0.3) is 0 Å². The number of amides is 2. The minimum Gasteiger partial charge on any atom is -0.382 e. The van der Waals surface area contributed by atoms with E-state index in [9.17, 15) is 22.8 Å². The second-order valence-electron chi connectivity index (χ2n) is 9.28. The zero-order valence-electron chi connectivity index (χ0n) is 18.8. The zero-order chi connectivity index (χ0) is 24.3. The van der Waals surface area contributed by atoms with Crippen molar-refractivity contribution >= 4 is 17.5 Å². The number of nitrogens with zero attached hydrogens (tertiary/aromatic N) is 2. The van der Waals surface area contributed by atoms with Crippen LogP contribution in [-0.2, 0) is 30.0 Å². The zero-order valence-corrected chi connectivity index (χ0v) is 18.8. The molecule has 1 aromatic rings. The molecule has 3 fully saturated rings. The van der Waals surface area contributed by atoms with Gasteiger partial charge in [0.25, 0.3) is 0 Å². The summed E-state index contributed by atoms with van der Waals surface area (Å²) in [6.07, 6.45) is -4.32. The number of hydrogen-bond acceptors (Lipinski definition) is 6. The number of halogens is 3. The second-order valence-corrected chi connectivity index (χ2v) is 9.28. The maximum Gasteiger partial charge on any atom is 0.418 e. The van der Waals surface area contributed by atoms with E-state index >= 15 is 0 Å². The van der Waals surface area contributed by atoms with Crippen LogP contribution in [0.3, 0.4) is 0 Å². The third-order valence-electron chi connectivity index (χ3n) is 7.33. The second kappa shape index (κ2) is 7.79. The van der Waals surface area contributed by atoms with Crippen LogP contribution in [0.4, 0.5) is 18.9 Å². The molecular formula is C23H25F3N2O5. The molecule has 4 rings (SSSR count). The number of rotatable bonds is 6. The van der Waals surface area contributed by atoms with Crippen molar-refractivity contribution in [2.45, 2.75) is 44.6 Å². The van der Waals surface area contributed by atoms with Crippen LogP contribution in [0.1, 0.15) is 37.0 Å². The molecular weight excluding hydrogens is 441 g/mol. The number of alkyl halides is 3. The summed E-state index contributed by atoms with van der Waals surface area (Å²) in [6.45, 7) is 5.82. The molecule has 5 atom stereocenters. The average Bonchev–Trinajstić information content (AvgIpc) is 3.25. The van der Waals surface area contributed by atoms with Gasteiger partial charge in [0.15, 0.2) is 0 Å². The van der Waals surface area contributed by atoms with E-state index in [0.717, 1.165) is 11.0 Å². The molecule has 33 heavy (non-hydrogen) atoms. The molecule has 3 heterocycles. The number of ether oxygens (including phenoxy) is 3. The molecule has 0 radical (unpaired) electrons. The Bertz CT molecular complexity index is 1050. The van der Waals surface area contributed by atoms with E-state index in [1.807, 2.05) is 0 Å². The normalized spacial score (nSPS) is 33.0. The van der Waals surface area contributed by atoms with E-state index in [1.165, 1.54) is 13.0 Å². The molecule has 0 spiro atoms. The minimum absolute atomic E-state index is 0.148. The van der Waals surface area contributed by atoms with Crippen molar-refractivity contribution in [1.82, 2.24) is 0 Å². The molecule has 178 valence electrons. The number of imide groups is 1. The van der Waals surface area contributed by atoms with Gasteiger partial charge in [0, 0.05) is 13.0 Å². The van der Waals surface area contributed by atoms with E-state index in [2.05, 4.69) is 0 Å². The van der Waals surface area contributed by atoms with Gasteiger partial charge in [-0.15, -0.1) is 0 Å². The molecule has 0 N–H and O–H groups in total. The maximum atomic E-state index is 13.7. The molecule has 1 aromatic carbocycles. The first-order valence-electron chi connectivity index (χ1n) is 10.7. The van der Waals surface area contributed by atoms with Crippen molar-refractivity contribution in [3.63, 3.8) is 0 Å². The Morgan fingerprint density at radius 2 is 1.88 bits per heavy atom. The van der Waals surface area contributed by atoms with Crippen molar-refractivity contribution in [2.24, 2.45) is 17.8 Å². The molecule has 0 aliphatic carbocycles. The molecule has 10 heteroatoms. The summed E-state index contributed by atoms with van der Waals surface area (Å²) in [4.78, 5) is 27.8. The minimum atomic E-state index is -4.81. The fourth-order valence-corrected chi connectivity index (χ4v) is 5.92. The van der Waals surface area contributed by atoms with E-state index in [-0.39, 0.29) is 17.2 Å². The summed E-state index contributed by atoms with van der Waals surface area (Å²) < 4.78 is 58.0. The Kier molecular flexibility index (Phi) is 5.59. The van der Waals surface area contributed by atoms with Crippen LogP contribution < -0.4 is 4.90 Å². The highest BCUT2D eigenvalue weighted by Crippen LogP contribution is 2.63. The predicted octanol–water partition coefficient (Wildman–Crippen LogP) is 3.22. The lowest BCUT2D eigenvalue weighted by atomic mass is 9.64. The van der Waals surface area contributed by atoms with E-state index < -0.39 is 52.2 Å². The highest BCUT2D eigenvalue weighted by atomic mass is 19.4. The van der Waals surface area contributed by atoms with Crippen molar-refractivity contribution in [2.75, 3.05) is 31.8 Å². The first kappa shape index (κ1) is 23.7. The van der Waals surface area contributed by atoms with Gasteiger partial charge in [-0.2, -0.15) is 18.4 Å². The van der Waals surface area contributed by atoms with Gasteiger partial charge in [0.2, 0.25) is 11.8 Å². The number of methoxy groups -OCH3 is 1. The average molecular weight is 466 g/mol. The number of benzene rings is 1. The number of hydrogen-bond donors (Lipinski definition) is 0. The topological polar surface area (TPSA) is 88.9 Å². The Hall–Kier alpha value is -2.48. The quantitative estimate of drug-likeness (QED) is 0.473. The summed E-state index contributed by atoms with van der Waals surface area (Å²) >= 11 is 0. The van der Waals surface area contributed by atoms with Crippen molar-refractivity contribution in [1.29, 1.82) is 5.26 Å². The number of fused-ring (bicyclic) bond motifs is 5. The first-order valence-corrected chi connectivity index (χ1v) is 10.7. The molecule has 2 bridgehead atoms. The molecule has 3 saturated heterocycles. The van der Waals surface area contributed by atoms with Crippen molar-refractivity contribution in [3.05, 3.63) is 28.8 Å². The van der Waals surface area contributed by atoms with Gasteiger partial charge in [0.05, 0.1) is 65.7 Å². The number of nitriles is 1. The van der Waals surface area contributed by atoms with Crippen molar-refractivity contribution < 1.29 is 37.0 Å². The maximum absolute atomic E-state index is 13.7. The Labute approximate surface area is 189 Å². The summed E-state index contributed by atoms with van der Waals surface area (Å²) in [5.74, 6) is -2.95. The monoisotopic (exact) mass is 466 g/mol. The molecule has 0 aromatic heterocycles. The molecule has 3 aliphatic heterocycles. The predicted molar refractivity (Wildman–Crippen MR) is 109 cm³/mol. The molecule has 7 nitrogen and oxygen atoms in total. The number of anilines is 1. The van der Waals surface area contributed by atoms with Crippen LogP contribution in [-0.4, -0.2) is 49.9 Å². The molecule has 0 saturated carbocycles. The molecule has 2 amide bonds. The number of carbonyl (C=O) groups is 2. The Morgan fingerprint density at radius 3 is 2.48 bits per heavy atom. The van der Waals surface area contributed by atoms with E-state index in [1.54, 1.807) is 27.0 Å². The standard InChI is InChI=1S/C23H25F3N2O5/c1-12-15(6-5-13(10-27)16(12)23(24,25)26)28-19(29)17-18(20(28)30)22(3)14(9-21(17,2)33-22)11-32-8-7-31-4/h5-6,14,17-18H,7-9,11H2,1-4H3/t14-,17+,18-,21+,22-/m0/s1. The summed E-state index contributed by atoms with van der Waals surface area (Å²) in [7, 11) is 1.56. The van der Waals surface area contributed by atoms with Crippen LogP contribution in [0.5, 0.6) is 0 Å². The van der Waals surface area contributed by atoms with Crippen LogP contribution >= 0.6 is 0 Å². The first-order chi connectivity index (χ1) is 15.4. The smallest absolute Gasteiger partial charge is 0.382 e. The fourth-order valence-electron chi connectivity index (χ4n) is 5.92.